The van der Waals surface area contributed by atoms with Crippen LogP contribution in [0, 0.1) is 17.2 Å². The minimum atomic E-state index is -0.829. The second-order valence-electron chi connectivity index (χ2n) is 9.47. The fraction of sp³-hybridized carbons (Fsp3) is 0.370. The van der Waals surface area contributed by atoms with Crippen LogP contribution in [0.2, 0.25) is 0 Å². The normalized spacial score (nSPS) is 21.9. The fourth-order valence-electron chi connectivity index (χ4n) is 5.28. The van der Waals surface area contributed by atoms with Gasteiger partial charge in [-0.1, -0.05) is 12.1 Å². The summed E-state index contributed by atoms with van der Waals surface area (Å²) in [5.74, 6) is -0.639. The van der Waals surface area contributed by atoms with Gasteiger partial charge in [0.1, 0.15) is 23.5 Å². The largest absolute Gasteiger partial charge is 0.496 e. The SMILES string of the molecule is COc1cccc2[nH]c(C(=O)N3C[C@H](c4ccccn4)C[C@H]3C(=O)N[C@H](C#N)C[C@@H]3CCNC3=O)cc12. The van der Waals surface area contributed by atoms with Crippen LogP contribution in [0.5, 0.6) is 5.75 Å². The van der Waals surface area contributed by atoms with Gasteiger partial charge in [0.2, 0.25) is 11.8 Å². The molecule has 2 aliphatic rings. The topological polar surface area (TPSA) is 140 Å². The van der Waals surface area contributed by atoms with Crippen molar-refractivity contribution in [2.24, 2.45) is 5.92 Å². The fourth-order valence-corrected chi connectivity index (χ4v) is 5.28. The number of likely N-dealkylation sites (tertiary alicyclic amines) is 1. The smallest absolute Gasteiger partial charge is 0.271 e. The second kappa shape index (κ2) is 10.3. The second-order valence-corrected chi connectivity index (χ2v) is 9.47. The van der Waals surface area contributed by atoms with E-state index in [0.29, 0.717) is 37.4 Å². The third-order valence-electron chi connectivity index (χ3n) is 7.20. The number of H-pyrrole nitrogens is 1. The molecule has 4 heterocycles. The molecule has 0 bridgehead atoms. The number of amides is 3. The number of fused-ring (bicyclic) bond motifs is 1. The van der Waals surface area contributed by atoms with Gasteiger partial charge in [0.25, 0.3) is 5.91 Å². The minimum Gasteiger partial charge on any atom is -0.496 e. The Balaban J connectivity index is 1.40. The van der Waals surface area contributed by atoms with Crippen LogP contribution in [-0.2, 0) is 9.59 Å². The molecule has 0 unspecified atom stereocenters. The Bertz CT molecular complexity index is 1360. The standard InChI is InChI=1S/C27H28N6O4/c1-37-24-7-4-6-21-19(24)13-22(32-21)27(36)33-15-17(20-5-2-3-9-29-20)12-23(33)26(35)31-18(14-28)11-16-8-10-30-25(16)34/h2-7,9,13,16-18,23,32H,8,10-12,15H2,1H3,(H,30,34)(H,31,35)/t16-,17+,18-,23-/m0/s1. The van der Waals surface area contributed by atoms with Crippen molar-refractivity contribution < 1.29 is 19.1 Å². The number of carbonyl (C=O) groups excluding carboxylic acids is 3. The van der Waals surface area contributed by atoms with E-state index < -0.39 is 18.0 Å². The van der Waals surface area contributed by atoms with Crippen LogP contribution >= 0.6 is 0 Å². The Morgan fingerprint density at radius 2 is 2.16 bits per heavy atom. The zero-order valence-electron chi connectivity index (χ0n) is 20.4. The molecule has 1 aromatic carbocycles. The predicted molar refractivity (Wildman–Crippen MR) is 135 cm³/mol. The Labute approximate surface area is 214 Å². The lowest BCUT2D eigenvalue weighted by Gasteiger charge is -2.25. The number of nitrogens with zero attached hydrogens (tertiary/aromatic N) is 3. The van der Waals surface area contributed by atoms with Gasteiger partial charge in [0.05, 0.1) is 13.2 Å². The molecule has 2 aliphatic heterocycles. The summed E-state index contributed by atoms with van der Waals surface area (Å²) in [6.07, 6.45) is 2.93. The average molecular weight is 501 g/mol. The maximum absolute atomic E-state index is 13.7. The molecule has 2 aromatic heterocycles. The van der Waals surface area contributed by atoms with Crippen molar-refractivity contribution in [1.82, 2.24) is 25.5 Å². The summed E-state index contributed by atoms with van der Waals surface area (Å²) in [5.41, 5.74) is 1.90. The number of hydrogen-bond donors (Lipinski definition) is 3. The number of ether oxygens (including phenoxy) is 1. The van der Waals surface area contributed by atoms with Gasteiger partial charge < -0.3 is 25.3 Å². The molecule has 0 radical (unpaired) electrons. The first-order chi connectivity index (χ1) is 18.0. The van der Waals surface area contributed by atoms with E-state index in [1.54, 1.807) is 24.3 Å². The summed E-state index contributed by atoms with van der Waals surface area (Å²) in [5, 5.41) is 16.0. The molecule has 5 rings (SSSR count). The van der Waals surface area contributed by atoms with E-state index in [2.05, 4.69) is 26.7 Å². The van der Waals surface area contributed by atoms with Crippen molar-refractivity contribution in [2.45, 2.75) is 37.3 Å². The van der Waals surface area contributed by atoms with Crippen molar-refractivity contribution in [1.29, 1.82) is 5.26 Å². The van der Waals surface area contributed by atoms with Gasteiger partial charge in [-0.25, -0.2) is 0 Å². The highest BCUT2D eigenvalue weighted by Crippen LogP contribution is 2.33. The lowest BCUT2D eigenvalue weighted by molar-refractivity contribution is -0.126. The van der Waals surface area contributed by atoms with Gasteiger partial charge in [-0.05, 0) is 49.6 Å². The number of aromatic nitrogens is 2. The van der Waals surface area contributed by atoms with E-state index in [1.165, 1.54) is 0 Å². The highest BCUT2D eigenvalue weighted by atomic mass is 16.5. The molecule has 2 saturated heterocycles. The number of benzene rings is 1. The van der Waals surface area contributed by atoms with Crippen LogP contribution in [0.4, 0.5) is 0 Å². The Morgan fingerprint density at radius 3 is 2.86 bits per heavy atom. The molecular formula is C27H28N6O4. The zero-order chi connectivity index (χ0) is 25.9. The molecule has 10 heteroatoms. The first-order valence-electron chi connectivity index (χ1n) is 12.3. The van der Waals surface area contributed by atoms with Crippen LogP contribution in [-0.4, -0.2) is 64.9 Å². The number of nitrogens with one attached hydrogen (secondary N) is 3. The minimum absolute atomic E-state index is 0.100. The number of nitriles is 1. The molecule has 0 spiro atoms. The molecular weight excluding hydrogens is 472 g/mol. The van der Waals surface area contributed by atoms with Crippen molar-refractivity contribution in [3.05, 3.63) is 60.0 Å². The van der Waals surface area contributed by atoms with Crippen molar-refractivity contribution >= 4 is 28.6 Å². The molecule has 37 heavy (non-hydrogen) atoms. The maximum atomic E-state index is 13.7. The van der Waals surface area contributed by atoms with Crippen LogP contribution in [0.15, 0.2) is 48.7 Å². The number of methoxy groups -OCH3 is 1. The van der Waals surface area contributed by atoms with E-state index in [-0.39, 0.29) is 30.1 Å². The molecule has 10 nitrogen and oxygen atoms in total. The van der Waals surface area contributed by atoms with Crippen molar-refractivity contribution in [3.63, 3.8) is 0 Å². The Morgan fingerprint density at radius 1 is 1.30 bits per heavy atom. The van der Waals surface area contributed by atoms with Crippen LogP contribution in [0.3, 0.4) is 0 Å². The van der Waals surface area contributed by atoms with Gasteiger partial charge in [-0.3, -0.25) is 19.4 Å². The lowest BCUT2D eigenvalue weighted by Crippen LogP contribution is -2.49. The Hall–Kier alpha value is -4.39. The highest BCUT2D eigenvalue weighted by molar-refractivity contribution is 6.02. The molecule has 4 atom stereocenters. The number of hydrogen-bond acceptors (Lipinski definition) is 6. The van der Waals surface area contributed by atoms with Gasteiger partial charge in [0, 0.05) is 47.7 Å². The summed E-state index contributed by atoms with van der Waals surface area (Å²) >= 11 is 0. The van der Waals surface area contributed by atoms with Gasteiger partial charge in [-0.2, -0.15) is 5.26 Å². The monoisotopic (exact) mass is 500 g/mol. The molecule has 3 N–H and O–H groups in total. The van der Waals surface area contributed by atoms with E-state index in [4.69, 9.17) is 4.74 Å². The van der Waals surface area contributed by atoms with Gasteiger partial charge in [-0.15, -0.1) is 0 Å². The third-order valence-corrected chi connectivity index (χ3v) is 7.20. The first-order valence-corrected chi connectivity index (χ1v) is 12.3. The number of rotatable bonds is 7. The van der Waals surface area contributed by atoms with Gasteiger partial charge >= 0.3 is 0 Å². The quantitative estimate of drug-likeness (QED) is 0.454. The average Bonchev–Trinajstić information content (AvgIpc) is 3.66. The number of pyridine rings is 1. The highest BCUT2D eigenvalue weighted by Gasteiger charge is 2.42. The summed E-state index contributed by atoms with van der Waals surface area (Å²) in [6.45, 7) is 0.879. The molecule has 190 valence electrons. The van der Waals surface area contributed by atoms with Crippen LogP contribution in [0.1, 0.15) is 41.4 Å². The van der Waals surface area contributed by atoms with E-state index in [0.717, 1.165) is 16.6 Å². The predicted octanol–water partition coefficient (Wildman–Crippen LogP) is 2.10. The van der Waals surface area contributed by atoms with Crippen molar-refractivity contribution in [3.8, 4) is 11.8 Å². The summed E-state index contributed by atoms with van der Waals surface area (Å²) in [4.78, 5) is 48.3. The van der Waals surface area contributed by atoms with E-state index in [9.17, 15) is 19.6 Å². The molecule has 3 amide bonds. The Kier molecular flexibility index (Phi) is 6.77. The lowest BCUT2D eigenvalue weighted by atomic mass is 9.98. The van der Waals surface area contributed by atoms with E-state index >= 15 is 0 Å². The summed E-state index contributed by atoms with van der Waals surface area (Å²) in [7, 11) is 1.57. The van der Waals surface area contributed by atoms with Gasteiger partial charge in [0.15, 0.2) is 0 Å². The molecule has 0 aliphatic carbocycles. The molecule has 3 aromatic rings. The molecule has 2 fully saturated rings. The van der Waals surface area contributed by atoms with E-state index in [1.807, 2.05) is 36.4 Å². The maximum Gasteiger partial charge on any atom is 0.271 e. The summed E-state index contributed by atoms with van der Waals surface area (Å²) in [6, 6.07) is 13.3. The number of aromatic amines is 1. The van der Waals surface area contributed by atoms with Crippen molar-refractivity contribution in [2.75, 3.05) is 20.2 Å². The molecule has 0 saturated carbocycles. The van der Waals surface area contributed by atoms with Crippen LogP contribution in [0.25, 0.3) is 10.9 Å². The van der Waals surface area contributed by atoms with Crippen LogP contribution < -0.4 is 15.4 Å². The summed E-state index contributed by atoms with van der Waals surface area (Å²) < 4.78 is 5.42. The third kappa shape index (κ3) is 4.85. The number of carbonyl (C=O) groups is 3. The first kappa shape index (κ1) is 24.3. The zero-order valence-corrected chi connectivity index (χ0v) is 20.4.